The Morgan fingerprint density at radius 1 is 0.579 bits per heavy atom. The highest BCUT2D eigenvalue weighted by Gasteiger charge is 1.93. The summed E-state index contributed by atoms with van der Waals surface area (Å²) in [6, 6.07) is 0. The van der Waals surface area contributed by atoms with E-state index in [0.29, 0.717) is 6.61 Å². The number of aliphatic hydroxyl groups excluding tert-OH is 1. The molecule has 116 valence electrons. The van der Waals surface area contributed by atoms with E-state index in [2.05, 4.69) is 6.92 Å². The van der Waals surface area contributed by atoms with Crippen molar-refractivity contribution in [3.63, 3.8) is 0 Å². The number of aliphatic hydroxyl groups is 1. The average molecular weight is 272 g/mol. The van der Waals surface area contributed by atoms with Gasteiger partial charge in [0.05, 0.1) is 0 Å². The molecule has 0 aliphatic carbocycles. The smallest absolute Gasteiger partial charge is 0.0466 e. The topological polar surface area (TPSA) is 29.5 Å². The summed E-state index contributed by atoms with van der Waals surface area (Å²) >= 11 is 0. The molecule has 0 heterocycles. The Kier molecular flexibility index (Phi) is 17.8. The van der Waals surface area contributed by atoms with E-state index in [9.17, 15) is 0 Å². The minimum Gasteiger partial charge on any atom is -0.396 e. The largest absolute Gasteiger partial charge is 0.396 e. The van der Waals surface area contributed by atoms with Gasteiger partial charge < -0.3 is 9.84 Å². The summed E-state index contributed by atoms with van der Waals surface area (Å²) in [5.74, 6) is 0. The van der Waals surface area contributed by atoms with Crippen molar-refractivity contribution in [1.82, 2.24) is 0 Å². The Morgan fingerprint density at radius 3 is 1.47 bits per heavy atom. The maximum absolute atomic E-state index is 8.64. The summed E-state index contributed by atoms with van der Waals surface area (Å²) < 4.78 is 5.61. The van der Waals surface area contributed by atoms with Crippen LogP contribution in [0.1, 0.15) is 90.4 Å². The van der Waals surface area contributed by atoms with Gasteiger partial charge in [0, 0.05) is 19.8 Å². The van der Waals surface area contributed by atoms with Crippen LogP contribution in [-0.4, -0.2) is 24.9 Å². The SMILES string of the molecule is CCCCCCCCCCCOCCCCCCO. The lowest BCUT2D eigenvalue weighted by Crippen LogP contribution is -1.97. The van der Waals surface area contributed by atoms with Crippen molar-refractivity contribution < 1.29 is 9.84 Å². The van der Waals surface area contributed by atoms with Crippen LogP contribution in [0.3, 0.4) is 0 Å². The first-order valence-electron chi connectivity index (χ1n) is 8.60. The highest BCUT2D eigenvalue weighted by atomic mass is 16.5. The summed E-state index contributed by atoms with van der Waals surface area (Å²) in [5, 5.41) is 8.64. The second-order valence-electron chi connectivity index (χ2n) is 5.58. The monoisotopic (exact) mass is 272 g/mol. The maximum atomic E-state index is 8.64. The van der Waals surface area contributed by atoms with E-state index in [1.807, 2.05) is 0 Å². The summed E-state index contributed by atoms with van der Waals surface area (Å²) in [4.78, 5) is 0. The lowest BCUT2D eigenvalue weighted by Gasteiger charge is -2.04. The zero-order chi connectivity index (χ0) is 14.0. The molecule has 0 aliphatic heterocycles. The summed E-state index contributed by atoms with van der Waals surface area (Å²) in [7, 11) is 0. The van der Waals surface area contributed by atoms with Crippen LogP contribution >= 0.6 is 0 Å². The second kappa shape index (κ2) is 17.9. The van der Waals surface area contributed by atoms with Gasteiger partial charge >= 0.3 is 0 Å². The van der Waals surface area contributed by atoms with Gasteiger partial charge in [-0.3, -0.25) is 0 Å². The molecule has 0 amide bonds. The maximum Gasteiger partial charge on any atom is 0.0466 e. The molecule has 0 fully saturated rings. The van der Waals surface area contributed by atoms with E-state index in [1.165, 1.54) is 64.2 Å². The third-order valence-electron chi connectivity index (χ3n) is 3.59. The summed E-state index contributed by atoms with van der Waals surface area (Å²) in [5.41, 5.74) is 0. The van der Waals surface area contributed by atoms with E-state index in [4.69, 9.17) is 9.84 Å². The average Bonchev–Trinajstić information content (AvgIpc) is 2.43. The molecule has 2 nitrogen and oxygen atoms in total. The van der Waals surface area contributed by atoms with Gasteiger partial charge in [-0.05, 0) is 19.3 Å². The molecule has 0 rings (SSSR count). The Bertz CT molecular complexity index is 132. The van der Waals surface area contributed by atoms with Crippen LogP contribution in [-0.2, 0) is 4.74 Å². The molecule has 0 saturated heterocycles. The normalized spacial score (nSPS) is 11.1. The van der Waals surface area contributed by atoms with Gasteiger partial charge in [0.2, 0.25) is 0 Å². The number of hydrogen-bond acceptors (Lipinski definition) is 2. The van der Waals surface area contributed by atoms with Crippen LogP contribution in [0.2, 0.25) is 0 Å². The van der Waals surface area contributed by atoms with Gasteiger partial charge in [-0.25, -0.2) is 0 Å². The summed E-state index contributed by atoms with van der Waals surface area (Å²) in [6.07, 6.45) is 16.8. The molecular weight excluding hydrogens is 236 g/mol. The van der Waals surface area contributed by atoms with E-state index < -0.39 is 0 Å². The van der Waals surface area contributed by atoms with Crippen molar-refractivity contribution in [3.05, 3.63) is 0 Å². The van der Waals surface area contributed by atoms with Crippen molar-refractivity contribution in [2.45, 2.75) is 90.4 Å². The molecule has 0 aromatic carbocycles. The lowest BCUT2D eigenvalue weighted by molar-refractivity contribution is 0.125. The molecule has 0 bridgehead atoms. The Hall–Kier alpha value is -0.0800. The Labute approximate surface area is 120 Å². The van der Waals surface area contributed by atoms with Crippen LogP contribution in [0.4, 0.5) is 0 Å². The minimum absolute atomic E-state index is 0.333. The molecule has 0 spiro atoms. The van der Waals surface area contributed by atoms with Gasteiger partial charge in [-0.1, -0.05) is 71.1 Å². The molecular formula is C17H36O2. The predicted octanol–water partition coefficient (Wildman–Crippen LogP) is 5.09. The molecule has 19 heavy (non-hydrogen) atoms. The third-order valence-corrected chi connectivity index (χ3v) is 3.59. The van der Waals surface area contributed by atoms with Gasteiger partial charge in [0.1, 0.15) is 0 Å². The first kappa shape index (κ1) is 18.9. The van der Waals surface area contributed by atoms with E-state index >= 15 is 0 Å². The zero-order valence-corrected chi connectivity index (χ0v) is 13.2. The van der Waals surface area contributed by atoms with Crippen LogP contribution in [0, 0.1) is 0 Å². The number of hydrogen-bond donors (Lipinski definition) is 1. The van der Waals surface area contributed by atoms with E-state index in [1.54, 1.807) is 0 Å². The Morgan fingerprint density at radius 2 is 1.00 bits per heavy atom. The standard InChI is InChI=1S/C17H36O2/c1-2-3-4-5-6-7-8-10-13-16-19-17-14-11-9-12-15-18/h18H,2-17H2,1H3. The van der Waals surface area contributed by atoms with Crippen LogP contribution in [0.25, 0.3) is 0 Å². The fourth-order valence-electron chi connectivity index (χ4n) is 2.29. The molecule has 0 radical (unpaired) electrons. The molecule has 0 atom stereocenters. The predicted molar refractivity (Wildman–Crippen MR) is 83.6 cm³/mol. The fraction of sp³-hybridized carbons (Fsp3) is 1.00. The molecule has 0 unspecified atom stereocenters. The molecule has 0 aromatic heterocycles. The third kappa shape index (κ3) is 17.9. The number of unbranched alkanes of at least 4 members (excludes halogenated alkanes) is 11. The summed E-state index contributed by atoms with van der Waals surface area (Å²) in [6.45, 7) is 4.45. The second-order valence-corrected chi connectivity index (χ2v) is 5.58. The molecule has 2 heteroatoms. The van der Waals surface area contributed by atoms with Crippen molar-refractivity contribution in [2.75, 3.05) is 19.8 Å². The van der Waals surface area contributed by atoms with Crippen LogP contribution < -0.4 is 0 Å². The van der Waals surface area contributed by atoms with Crippen molar-refractivity contribution in [1.29, 1.82) is 0 Å². The highest BCUT2D eigenvalue weighted by molar-refractivity contribution is 4.47. The first-order valence-corrected chi connectivity index (χ1v) is 8.60. The van der Waals surface area contributed by atoms with E-state index in [-0.39, 0.29) is 0 Å². The fourth-order valence-corrected chi connectivity index (χ4v) is 2.29. The lowest BCUT2D eigenvalue weighted by atomic mass is 10.1. The van der Waals surface area contributed by atoms with Gasteiger partial charge in [0.15, 0.2) is 0 Å². The highest BCUT2D eigenvalue weighted by Crippen LogP contribution is 2.09. The Balaban J connectivity index is 2.88. The first-order chi connectivity index (χ1) is 9.41. The van der Waals surface area contributed by atoms with Crippen molar-refractivity contribution in [3.8, 4) is 0 Å². The van der Waals surface area contributed by atoms with E-state index in [0.717, 1.165) is 32.5 Å². The quantitative estimate of drug-likeness (QED) is 0.397. The molecule has 1 N–H and O–H groups in total. The molecule has 0 aromatic rings. The van der Waals surface area contributed by atoms with Gasteiger partial charge in [-0.15, -0.1) is 0 Å². The number of rotatable bonds is 16. The van der Waals surface area contributed by atoms with Gasteiger partial charge in [0.25, 0.3) is 0 Å². The molecule has 0 aliphatic rings. The minimum atomic E-state index is 0.333. The number of ether oxygens (including phenoxy) is 1. The van der Waals surface area contributed by atoms with Crippen molar-refractivity contribution >= 4 is 0 Å². The van der Waals surface area contributed by atoms with Crippen LogP contribution in [0.15, 0.2) is 0 Å². The van der Waals surface area contributed by atoms with Gasteiger partial charge in [-0.2, -0.15) is 0 Å². The van der Waals surface area contributed by atoms with Crippen LogP contribution in [0.5, 0.6) is 0 Å². The van der Waals surface area contributed by atoms with Crippen molar-refractivity contribution in [2.24, 2.45) is 0 Å². The molecule has 0 saturated carbocycles. The zero-order valence-electron chi connectivity index (χ0n) is 13.2.